The molecule has 1 aromatic carbocycles. The van der Waals surface area contributed by atoms with Crippen molar-refractivity contribution in [1.82, 2.24) is 5.32 Å². The van der Waals surface area contributed by atoms with E-state index >= 15 is 0 Å². The third kappa shape index (κ3) is 4.57. The number of benzene rings is 1. The number of esters is 1. The first-order valence-corrected chi connectivity index (χ1v) is 5.89. The number of carbonyl (C=O) groups is 1. The minimum absolute atomic E-state index is 0.0668. The van der Waals surface area contributed by atoms with Crippen LogP contribution in [0.4, 0.5) is 0 Å². The zero-order valence-electron chi connectivity index (χ0n) is 10.8. The molecule has 3 nitrogen and oxygen atoms in total. The third-order valence-electron chi connectivity index (χ3n) is 2.86. The highest BCUT2D eigenvalue weighted by molar-refractivity contribution is 5.69. The van der Waals surface area contributed by atoms with Crippen LogP contribution in [0.5, 0.6) is 0 Å². The van der Waals surface area contributed by atoms with Gasteiger partial charge in [0.15, 0.2) is 0 Å². The molecule has 0 aliphatic rings. The normalized spacial score (nSPS) is 11.2. The van der Waals surface area contributed by atoms with E-state index in [-0.39, 0.29) is 11.4 Å². The Kier molecular flexibility index (Phi) is 5.16. The Morgan fingerprint density at radius 2 is 1.94 bits per heavy atom. The summed E-state index contributed by atoms with van der Waals surface area (Å²) in [5.41, 5.74) is 1.36. The fourth-order valence-corrected chi connectivity index (χ4v) is 1.68. The summed E-state index contributed by atoms with van der Waals surface area (Å²) in [6, 6.07) is 10.4. The standard InChI is InChI=1S/C14H21NO2/c1-14(2,12-7-5-4-6-8-12)11-15-10-9-13(16)17-3/h4-8,15H,9-11H2,1-3H3. The fraction of sp³-hybridized carbons (Fsp3) is 0.500. The second-order valence-corrected chi connectivity index (χ2v) is 4.75. The number of hydrogen-bond donors (Lipinski definition) is 1. The molecule has 0 unspecified atom stereocenters. The Balaban J connectivity index is 2.38. The lowest BCUT2D eigenvalue weighted by Gasteiger charge is -2.25. The van der Waals surface area contributed by atoms with Crippen LogP contribution in [0.15, 0.2) is 30.3 Å². The van der Waals surface area contributed by atoms with Gasteiger partial charge >= 0.3 is 5.97 Å². The van der Waals surface area contributed by atoms with Gasteiger partial charge in [-0.2, -0.15) is 0 Å². The summed E-state index contributed by atoms with van der Waals surface area (Å²) < 4.78 is 4.59. The summed E-state index contributed by atoms with van der Waals surface area (Å²) in [5, 5.41) is 3.29. The first-order chi connectivity index (χ1) is 8.06. The van der Waals surface area contributed by atoms with Gasteiger partial charge < -0.3 is 10.1 Å². The lowest BCUT2D eigenvalue weighted by Crippen LogP contribution is -2.34. The van der Waals surface area contributed by atoms with Gasteiger partial charge in [0, 0.05) is 18.5 Å². The van der Waals surface area contributed by atoms with Crippen LogP contribution in [-0.2, 0) is 14.9 Å². The molecule has 0 radical (unpaired) electrons. The van der Waals surface area contributed by atoms with E-state index in [0.29, 0.717) is 13.0 Å². The van der Waals surface area contributed by atoms with Gasteiger partial charge in [0.25, 0.3) is 0 Å². The molecule has 0 heterocycles. The first kappa shape index (κ1) is 13.7. The molecule has 0 aliphatic carbocycles. The Morgan fingerprint density at radius 3 is 2.53 bits per heavy atom. The van der Waals surface area contributed by atoms with Crippen LogP contribution in [0.3, 0.4) is 0 Å². The molecule has 0 aliphatic heterocycles. The molecule has 1 N–H and O–H groups in total. The van der Waals surface area contributed by atoms with E-state index in [2.05, 4.69) is 36.0 Å². The topological polar surface area (TPSA) is 38.3 Å². The molecule has 0 saturated heterocycles. The van der Waals surface area contributed by atoms with E-state index in [0.717, 1.165) is 6.54 Å². The quantitative estimate of drug-likeness (QED) is 0.606. The second kappa shape index (κ2) is 6.40. The summed E-state index contributed by atoms with van der Waals surface area (Å²) >= 11 is 0. The van der Waals surface area contributed by atoms with Crippen molar-refractivity contribution in [3.8, 4) is 0 Å². The predicted octanol–water partition coefficient (Wildman–Crippen LogP) is 2.12. The maximum atomic E-state index is 10.9. The smallest absolute Gasteiger partial charge is 0.306 e. The zero-order chi connectivity index (χ0) is 12.7. The average Bonchev–Trinajstić information content (AvgIpc) is 2.35. The van der Waals surface area contributed by atoms with Gasteiger partial charge in [0.1, 0.15) is 0 Å². The van der Waals surface area contributed by atoms with Crippen molar-refractivity contribution in [2.75, 3.05) is 20.2 Å². The van der Waals surface area contributed by atoms with Gasteiger partial charge in [-0.1, -0.05) is 44.2 Å². The molecule has 0 aromatic heterocycles. The summed E-state index contributed by atoms with van der Waals surface area (Å²) in [4.78, 5) is 10.9. The molecule has 0 saturated carbocycles. The number of methoxy groups -OCH3 is 1. The number of ether oxygens (including phenoxy) is 1. The van der Waals surface area contributed by atoms with E-state index in [1.807, 2.05) is 18.2 Å². The van der Waals surface area contributed by atoms with Gasteiger partial charge in [-0.05, 0) is 5.56 Å². The average molecular weight is 235 g/mol. The molecule has 0 atom stereocenters. The molecule has 1 aromatic rings. The summed E-state index contributed by atoms with van der Waals surface area (Å²) in [6.45, 7) is 5.87. The largest absolute Gasteiger partial charge is 0.469 e. The Morgan fingerprint density at radius 1 is 1.29 bits per heavy atom. The van der Waals surface area contributed by atoms with E-state index < -0.39 is 0 Å². The lowest BCUT2D eigenvalue weighted by atomic mass is 9.84. The van der Waals surface area contributed by atoms with Gasteiger partial charge in [0.05, 0.1) is 13.5 Å². The molecule has 3 heteroatoms. The van der Waals surface area contributed by atoms with Crippen molar-refractivity contribution in [2.24, 2.45) is 0 Å². The van der Waals surface area contributed by atoms with Crippen LogP contribution < -0.4 is 5.32 Å². The summed E-state index contributed by atoms with van der Waals surface area (Å²) in [7, 11) is 1.41. The molecule has 17 heavy (non-hydrogen) atoms. The van der Waals surface area contributed by atoms with E-state index in [4.69, 9.17) is 0 Å². The molecule has 0 fully saturated rings. The summed E-state index contributed by atoms with van der Waals surface area (Å²) in [6.07, 6.45) is 0.418. The molecule has 0 bridgehead atoms. The third-order valence-corrected chi connectivity index (χ3v) is 2.86. The molecular weight excluding hydrogens is 214 g/mol. The van der Waals surface area contributed by atoms with Crippen molar-refractivity contribution >= 4 is 5.97 Å². The van der Waals surface area contributed by atoms with Crippen LogP contribution in [0.2, 0.25) is 0 Å². The lowest BCUT2D eigenvalue weighted by molar-refractivity contribution is -0.140. The van der Waals surface area contributed by atoms with Crippen molar-refractivity contribution in [3.63, 3.8) is 0 Å². The molecule has 94 valence electrons. The van der Waals surface area contributed by atoms with Crippen molar-refractivity contribution in [3.05, 3.63) is 35.9 Å². The Hall–Kier alpha value is -1.35. The van der Waals surface area contributed by atoms with Crippen molar-refractivity contribution in [1.29, 1.82) is 0 Å². The van der Waals surface area contributed by atoms with E-state index in [1.165, 1.54) is 12.7 Å². The highest BCUT2D eigenvalue weighted by atomic mass is 16.5. The predicted molar refractivity (Wildman–Crippen MR) is 69.0 cm³/mol. The second-order valence-electron chi connectivity index (χ2n) is 4.75. The Bertz CT molecular complexity index is 346. The van der Waals surface area contributed by atoms with Gasteiger partial charge in [-0.3, -0.25) is 4.79 Å². The van der Waals surface area contributed by atoms with Crippen LogP contribution >= 0.6 is 0 Å². The maximum Gasteiger partial charge on any atom is 0.306 e. The highest BCUT2D eigenvalue weighted by Gasteiger charge is 2.19. The molecule has 1 rings (SSSR count). The van der Waals surface area contributed by atoms with Crippen molar-refractivity contribution < 1.29 is 9.53 Å². The number of carbonyl (C=O) groups excluding carboxylic acids is 1. The van der Waals surface area contributed by atoms with Gasteiger partial charge in [-0.25, -0.2) is 0 Å². The van der Waals surface area contributed by atoms with Crippen LogP contribution in [0.25, 0.3) is 0 Å². The first-order valence-electron chi connectivity index (χ1n) is 5.89. The SMILES string of the molecule is COC(=O)CCNCC(C)(C)c1ccccc1. The van der Waals surface area contributed by atoms with E-state index in [9.17, 15) is 4.79 Å². The molecule has 0 spiro atoms. The minimum Gasteiger partial charge on any atom is -0.469 e. The zero-order valence-corrected chi connectivity index (χ0v) is 10.8. The van der Waals surface area contributed by atoms with Crippen LogP contribution in [0.1, 0.15) is 25.8 Å². The molecule has 0 amide bonds. The minimum atomic E-state index is -0.171. The number of nitrogens with one attached hydrogen (secondary N) is 1. The van der Waals surface area contributed by atoms with Gasteiger partial charge in [-0.15, -0.1) is 0 Å². The van der Waals surface area contributed by atoms with Crippen LogP contribution in [0, 0.1) is 0 Å². The van der Waals surface area contributed by atoms with E-state index in [1.54, 1.807) is 0 Å². The maximum absolute atomic E-state index is 10.9. The summed E-state index contributed by atoms with van der Waals surface area (Å²) in [5.74, 6) is -0.171. The molecular formula is C14H21NO2. The number of hydrogen-bond acceptors (Lipinski definition) is 3. The Labute approximate surface area is 103 Å². The monoisotopic (exact) mass is 235 g/mol. The fourth-order valence-electron chi connectivity index (χ4n) is 1.68. The van der Waals surface area contributed by atoms with Crippen LogP contribution in [-0.4, -0.2) is 26.2 Å². The number of rotatable bonds is 6. The van der Waals surface area contributed by atoms with Crippen molar-refractivity contribution in [2.45, 2.75) is 25.7 Å². The van der Waals surface area contributed by atoms with Gasteiger partial charge in [0.2, 0.25) is 0 Å². The highest BCUT2D eigenvalue weighted by Crippen LogP contribution is 2.21.